The summed E-state index contributed by atoms with van der Waals surface area (Å²) < 4.78 is 15.0. The second kappa shape index (κ2) is 11.8. The number of carbonyl (C=O) groups is 4. The topological polar surface area (TPSA) is 138 Å². The van der Waals surface area contributed by atoms with E-state index in [9.17, 15) is 24.3 Å². The summed E-state index contributed by atoms with van der Waals surface area (Å²) in [7, 11) is 2.53. The molecule has 2 aliphatic rings. The van der Waals surface area contributed by atoms with Crippen molar-refractivity contribution >= 4 is 29.4 Å². The largest absolute Gasteiger partial charge is 0.507 e. The summed E-state index contributed by atoms with van der Waals surface area (Å²) >= 11 is 0. The van der Waals surface area contributed by atoms with E-state index in [4.69, 9.17) is 14.2 Å². The summed E-state index contributed by atoms with van der Waals surface area (Å²) in [4.78, 5) is 57.5. The molecule has 1 aromatic carbocycles. The van der Waals surface area contributed by atoms with Gasteiger partial charge in [0.05, 0.1) is 44.6 Å². The molecule has 2 aromatic rings. The molecule has 1 atom stereocenters. The van der Waals surface area contributed by atoms with Gasteiger partial charge in [-0.3, -0.25) is 14.5 Å². The number of methoxy groups -OCH3 is 2. The van der Waals surface area contributed by atoms with E-state index in [1.54, 1.807) is 38.1 Å². The predicted molar refractivity (Wildman–Crippen MR) is 140 cm³/mol. The third kappa shape index (κ3) is 5.45. The van der Waals surface area contributed by atoms with E-state index >= 15 is 0 Å². The van der Waals surface area contributed by atoms with Crippen molar-refractivity contribution < 1.29 is 38.5 Å². The highest BCUT2D eigenvalue weighted by atomic mass is 16.5. The molecule has 11 heteroatoms. The number of hydrogen-bond donors (Lipinski definition) is 2. The van der Waals surface area contributed by atoms with E-state index in [2.05, 4.69) is 9.88 Å². The van der Waals surface area contributed by atoms with Crippen LogP contribution in [0.15, 0.2) is 29.8 Å². The first-order valence-corrected chi connectivity index (χ1v) is 12.7. The second-order valence-electron chi connectivity index (χ2n) is 9.53. The molecule has 11 nitrogen and oxygen atoms in total. The molecule has 3 heterocycles. The maximum Gasteiger partial charge on any atom is 0.354 e. The Morgan fingerprint density at radius 1 is 1.03 bits per heavy atom. The molecule has 0 saturated carbocycles. The zero-order valence-electron chi connectivity index (χ0n) is 22.5. The van der Waals surface area contributed by atoms with Crippen LogP contribution in [0.4, 0.5) is 0 Å². The lowest BCUT2D eigenvalue weighted by Gasteiger charge is -2.29. The van der Waals surface area contributed by atoms with Gasteiger partial charge in [0.25, 0.3) is 11.7 Å². The van der Waals surface area contributed by atoms with Crippen LogP contribution >= 0.6 is 0 Å². The molecule has 1 aromatic heterocycles. The maximum absolute atomic E-state index is 13.4. The highest BCUT2D eigenvalue weighted by molar-refractivity contribution is 6.46. The third-order valence-corrected chi connectivity index (χ3v) is 7.23. The zero-order chi connectivity index (χ0) is 28.3. The summed E-state index contributed by atoms with van der Waals surface area (Å²) in [5.74, 6) is -3.06. The number of morpholine rings is 1. The number of H-pyrrole nitrogens is 1. The minimum absolute atomic E-state index is 0.0844. The molecule has 2 saturated heterocycles. The number of nitrogens with zero attached hydrogens (tertiary/aromatic N) is 2. The van der Waals surface area contributed by atoms with E-state index in [0.29, 0.717) is 42.0 Å². The lowest BCUT2D eigenvalue weighted by atomic mass is 9.93. The fourth-order valence-corrected chi connectivity index (χ4v) is 5.21. The SMILES string of the molecule is COC(=O)c1ccc([C@@H]2C(=C(O)c3c(C)[nH]c(C(=O)OC)c3C)C(=O)C(=O)N2CCCN2CCOCC2)cc1. The monoisotopic (exact) mass is 539 g/mol. The quantitative estimate of drug-likeness (QED) is 0.224. The first-order valence-electron chi connectivity index (χ1n) is 12.7. The number of hydrogen-bond acceptors (Lipinski definition) is 9. The van der Waals surface area contributed by atoms with Gasteiger partial charge in [-0.25, -0.2) is 9.59 Å². The number of esters is 2. The Morgan fingerprint density at radius 3 is 2.28 bits per heavy atom. The number of rotatable bonds is 8. The van der Waals surface area contributed by atoms with Gasteiger partial charge in [0.15, 0.2) is 0 Å². The zero-order valence-corrected chi connectivity index (χ0v) is 22.5. The van der Waals surface area contributed by atoms with Gasteiger partial charge in [-0.1, -0.05) is 12.1 Å². The van der Waals surface area contributed by atoms with Crippen LogP contribution < -0.4 is 0 Å². The van der Waals surface area contributed by atoms with Crippen molar-refractivity contribution in [2.45, 2.75) is 26.3 Å². The number of ether oxygens (including phenoxy) is 3. The Balaban J connectivity index is 1.76. The van der Waals surface area contributed by atoms with E-state index in [-0.39, 0.29) is 29.1 Å². The molecule has 39 heavy (non-hydrogen) atoms. The van der Waals surface area contributed by atoms with Crippen molar-refractivity contribution in [1.82, 2.24) is 14.8 Å². The van der Waals surface area contributed by atoms with Gasteiger partial charge in [-0.2, -0.15) is 0 Å². The fourth-order valence-electron chi connectivity index (χ4n) is 5.21. The highest BCUT2D eigenvalue weighted by Gasteiger charge is 2.46. The molecule has 0 bridgehead atoms. The van der Waals surface area contributed by atoms with Crippen molar-refractivity contribution in [3.05, 3.63) is 63.5 Å². The second-order valence-corrected chi connectivity index (χ2v) is 9.53. The fraction of sp³-hybridized carbons (Fsp3) is 0.429. The lowest BCUT2D eigenvalue weighted by molar-refractivity contribution is -0.140. The molecule has 0 unspecified atom stereocenters. The number of aryl methyl sites for hydroxylation is 1. The molecule has 2 aliphatic heterocycles. The average molecular weight is 540 g/mol. The number of nitrogens with one attached hydrogen (secondary N) is 1. The summed E-state index contributed by atoms with van der Waals surface area (Å²) in [6, 6.07) is 5.49. The minimum Gasteiger partial charge on any atom is -0.507 e. The van der Waals surface area contributed by atoms with Crippen LogP contribution in [0.25, 0.3) is 5.76 Å². The van der Waals surface area contributed by atoms with Crippen LogP contribution in [0.3, 0.4) is 0 Å². The number of likely N-dealkylation sites (tertiary alicyclic amines) is 1. The summed E-state index contributed by atoms with van der Waals surface area (Å²) in [5, 5.41) is 11.5. The van der Waals surface area contributed by atoms with Crippen LogP contribution in [-0.2, 0) is 23.8 Å². The number of aliphatic hydroxyl groups is 1. The van der Waals surface area contributed by atoms with Crippen LogP contribution in [0.5, 0.6) is 0 Å². The Hall–Kier alpha value is -3.96. The number of aromatic amines is 1. The smallest absolute Gasteiger partial charge is 0.354 e. The number of aliphatic hydroxyl groups excluding tert-OH is 1. The maximum atomic E-state index is 13.4. The van der Waals surface area contributed by atoms with Crippen LogP contribution in [0.1, 0.15) is 55.7 Å². The first-order chi connectivity index (χ1) is 18.7. The van der Waals surface area contributed by atoms with Crippen molar-refractivity contribution in [2.75, 3.05) is 53.6 Å². The molecule has 2 fully saturated rings. The van der Waals surface area contributed by atoms with Gasteiger partial charge in [0, 0.05) is 37.4 Å². The van der Waals surface area contributed by atoms with Gasteiger partial charge in [0.2, 0.25) is 0 Å². The van der Waals surface area contributed by atoms with Gasteiger partial charge < -0.3 is 29.2 Å². The Labute approximate surface area is 226 Å². The van der Waals surface area contributed by atoms with Gasteiger partial charge in [-0.15, -0.1) is 0 Å². The molecule has 2 N–H and O–H groups in total. The highest BCUT2D eigenvalue weighted by Crippen LogP contribution is 2.41. The number of carbonyl (C=O) groups excluding carboxylic acids is 4. The average Bonchev–Trinajstić information content (AvgIpc) is 3.39. The minimum atomic E-state index is -0.892. The third-order valence-electron chi connectivity index (χ3n) is 7.23. The summed E-state index contributed by atoms with van der Waals surface area (Å²) in [6.45, 7) is 7.19. The number of benzene rings is 1. The standard InChI is InChI=1S/C28H33N3O8/c1-16-20(17(2)29-22(16)28(36)38-4)24(32)21-23(18-6-8-19(9-7-18)27(35)37-3)31(26(34)25(21)33)11-5-10-30-12-14-39-15-13-30/h6-9,23,29,32H,5,10-15H2,1-4H3/t23-/m1/s1. The molecule has 0 aliphatic carbocycles. The molecule has 0 spiro atoms. The van der Waals surface area contributed by atoms with Crippen LogP contribution in [-0.4, -0.2) is 97.1 Å². The predicted octanol–water partition coefficient (Wildman–Crippen LogP) is 2.35. The molecule has 1 amide bonds. The summed E-state index contributed by atoms with van der Waals surface area (Å²) in [5.41, 5.74) is 2.03. The number of amides is 1. The van der Waals surface area contributed by atoms with Gasteiger partial charge in [0.1, 0.15) is 11.5 Å². The number of ketones is 1. The van der Waals surface area contributed by atoms with E-state index in [1.165, 1.54) is 19.1 Å². The van der Waals surface area contributed by atoms with Crippen molar-refractivity contribution in [2.24, 2.45) is 0 Å². The van der Waals surface area contributed by atoms with Gasteiger partial charge in [-0.05, 0) is 43.5 Å². The van der Waals surface area contributed by atoms with Crippen LogP contribution in [0.2, 0.25) is 0 Å². The Bertz CT molecular complexity index is 1300. The Kier molecular flexibility index (Phi) is 8.51. The molecular weight excluding hydrogens is 506 g/mol. The van der Waals surface area contributed by atoms with Crippen molar-refractivity contribution in [3.8, 4) is 0 Å². The first kappa shape index (κ1) is 28.1. The van der Waals surface area contributed by atoms with Crippen molar-refractivity contribution in [3.63, 3.8) is 0 Å². The number of aromatic nitrogens is 1. The Morgan fingerprint density at radius 2 is 1.67 bits per heavy atom. The molecule has 4 rings (SSSR count). The van der Waals surface area contributed by atoms with Gasteiger partial charge >= 0.3 is 11.9 Å². The van der Waals surface area contributed by atoms with E-state index < -0.39 is 29.7 Å². The summed E-state index contributed by atoms with van der Waals surface area (Å²) in [6.07, 6.45) is 0.610. The van der Waals surface area contributed by atoms with Crippen molar-refractivity contribution in [1.29, 1.82) is 0 Å². The molecule has 208 valence electrons. The lowest BCUT2D eigenvalue weighted by Crippen LogP contribution is -2.39. The molecular formula is C28H33N3O8. The van der Waals surface area contributed by atoms with E-state index in [1.807, 2.05) is 0 Å². The molecule has 0 radical (unpaired) electrons. The van der Waals surface area contributed by atoms with E-state index in [0.717, 1.165) is 19.6 Å². The number of Topliss-reactive ketones (excluding diaryl/α,β-unsaturated/α-hetero) is 1. The normalized spacial score (nSPS) is 19.4. The van der Waals surface area contributed by atoms with Crippen LogP contribution in [0, 0.1) is 13.8 Å².